The molecule has 0 saturated heterocycles. The summed E-state index contributed by atoms with van der Waals surface area (Å²) in [6.45, 7) is 11.0. The molecule has 1 aromatic rings. The van der Waals surface area contributed by atoms with E-state index in [-0.39, 0.29) is 17.9 Å². The van der Waals surface area contributed by atoms with Crippen LogP contribution in [0.3, 0.4) is 0 Å². The molecule has 128 valence electrons. The normalized spacial score (nSPS) is 14.0. The molecule has 0 fully saturated rings. The molecule has 2 atom stereocenters. The van der Waals surface area contributed by atoms with E-state index in [4.69, 9.17) is 4.74 Å². The Hall–Kier alpha value is -2.04. The fourth-order valence-electron chi connectivity index (χ4n) is 2.10. The predicted octanol–water partition coefficient (Wildman–Crippen LogP) is 3.41. The minimum Gasteiger partial charge on any atom is -0.444 e. The van der Waals surface area contributed by atoms with E-state index >= 15 is 0 Å². The summed E-state index contributed by atoms with van der Waals surface area (Å²) in [7, 11) is 0. The van der Waals surface area contributed by atoms with Crippen LogP contribution in [0.2, 0.25) is 0 Å². The third-order valence-electron chi connectivity index (χ3n) is 3.28. The van der Waals surface area contributed by atoms with Crippen LogP contribution >= 0.6 is 0 Å². The van der Waals surface area contributed by atoms with E-state index in [1.807, 2.05) is 51.1 Å². The van der Waals surface area contributed by atoms with Gasteiger partial charge in [-0.2, -0.15) is 0 Å². The van der Waals surface area contributed by atoms with Crippen LogP contribution in [0.25, 0.3) is 0 Å². The molecule has 0 aromatic heterocycles. The Morgan fingerprint density at radius 1 is 1.00 bits per heavy atom. The second-order valence-corrected chi connectivity index (χ2v) is 7.01. The van der Waals surface area contributed by atoms with Gasteiger partial charge in [0.15, 0.2) is 0 Å². The highest BCUT2D eigenvalue weighted by molar-refractivity contribution is 5.86. The van der Waals surface area contributed by atoms with Crippen LogP contribution in [-0.4, -0.2) is 23.6 Å². The number of carbonyl (C=O) groups is 2. The number of hydrogen-bond donors (Lipinski definition) is 2. The first-order chi connectivity index (χ1) is 10.6. The summed E-state index contributed by atoms with van der Waals surface area (Å²) in [6, 6.07) is 8.92. The molecule has 0 aliphatic rings. The number of amides is 2. The molecular weight excluding hydrogens is 292 g/mol. The zero-order chi connectivity index (χ0) is 17.6. The van der Waals surface area contributed by atoms with Crippen molar-refractivity contribution in [2.75, 3.05) is 0 Å². The van der Waals surface area contributed by atoms with Crippen LogP contribution in [0.5, 0.6) is 0 Å². The van der Waals surface area contributed by atoms with Gasteiger partial charge in [-0.05, 0) is 39.2 Å². The van der Waals surface area contributed by atoms with E-state index in [1.54, 1.807) is 20.8 Å². The SMILES string of the molecule is CC(NC(=O)[C@@H](NC(=O)OC(C)(C)C)C(C)C)c1ccccc1. The molecule has 1 rings (SSSR count). The van der Waals surface area contributed by atoms with E-state index in [0.29, 0.717) is 0 Å². The standard InChI is InChI=1S/C18H28N2O3/c1-12(2)15(20-17(22)23-18(4,5)6)16(21)19-13(3)14-10-8-7-9-11-14/h7-13,15H,1-6H3,(H,19,21)(H,20,22)/t13?,15-/m0/s1. The van der Waals surface area contributed by atoms with Gasteiger partial charge in [-0.3, -0.25) is 4.79 Å². The molecule has 2 N–H and O–H groups in total. The fraction of sp³-hybridized carbons (Fsp3) is 0.556. The highest BCUT2D eigenvalue weighted by atomic mass is 16.6. The zero-order valence-corrected chi connectivity index (χ0v) is 14.8. The molecular formula is C18H28N2O3. The number of alkyl carbamates (subject to hydrolysis) is 1. The molecule has 0 spiro atoms. The maximum atomic E-state index is 12.5. The van der Waals surface area contributed by atoms with Crippen molar-refractivity contribution < 1.29 is 14.3 Å². The van der Waals surface area contributed by atoms with Crippen molar-refractivity contribution in [2.24, 2.45) is 5.92 Å². The predicted molar refractivity (Wildman–Crippen MR) is 91.0 cm³/mol. The van der Waals surface area contributed by atoms with Crippen LogP contribution in [0.1, 0.15) is 53.1 Å². The molecule has 0 aliphatic heterocycles. The van der Waals surface area contributed by atoms with Crippen molar-refractivity contribution in [1.82, 2.24) is 10.6 Å². The minimum absolute atomic E-state index is 0.0505. The molecule has 5 nitrogen and oxygen atoms in total. The first-order valence-electron chi connectivity index (χ1n) is 7.95. The van der Waals surface area contributed by atoms with Gasteiger partial charge in [0.05, 0.1) is 6.04 Å². The second-order valence-electron chi connectivity index (χ2n) is 7.01. The van der Waals surface area contributed by atoms with Gasteiger partial charge in [0.2, 0.25) is 5.91 Å². The molecule has 2 amide bonds. The van der Waals surface area contributed by atoms with Gasteiger partial charge in [0.25, 0.3) is 0 Å². The second kappa shape index (κ2) is 7.99. The average Bonchev–Trinajstić information content (AvgIpc) is 2.43. The van der Waals surface area contributed by atoms with Crippen molar-refractivity contribution in [3.8, 4) is 0 Å². The van der Waals surface area contributed by atoms with Crippen LogP contribution < -0.4 is 10.6 Å². The van der Waals surface area contributed by atoms with Crippen molar-refractivity contribution in [3.05, 3.63) is 35.9 Å². The van der Waals surface area contributed by atoms with Gasteiger partial charge in [-0.15, -0.1) is 0 Å². The van der Waals surface area contributed by atoms with E-state index in [1.165, 1.54) is 0 Å². The van der Waals surface area contributed by atoms with E-state index < -0.39 is 17.7 Å². The summed E-state index contributed by atoms with van der Waals surface area (Å²) in [5.74, 6) is -0.271. The number of nitrogens with one attached hydrogen (secondary N) is 2. The van der Waals surface area contributed by atoms with Gasteiger partial charge >= 0.3 is 6.09 Å². The van der Waals surface area contributed by atoms with Gasteiger partial charge in [-0.25, -0.2) is 4.79 Å². The van der Waals surface area contributed by atoms with Crippen molar-refractivity contribution >= 4 is 12.0 Å². The van der Waals surface area contributed by atoms with E-state index in [9.17, 15) is 9.59 Å². The summed E-state index contributed by atoms with van der Waals surface area (Å²) in [6.07, 6.45) is -0.585. The highest BCUT2D eigenvalue weighted by Gasteiger charge is 2.27. The third-order valence-corrected chi connectivity index (χ3v) is 3.28. The van der Waals surface area contributed by atoms with Crippen LogP contribution in [0, 0.1) is 5.92 Å². The van der Waals surface area contributed by atoms with E-state index in [0.717, 1.165) is 5.56 Å². The zero-order valence-electron chi connectivity index (χ0n) is 14.8. The van der Waals surface area contributed by atoms with Crippen molar-refractivity contribution in [3.63, 3.8) is 0 Å². The van der Waals surface area contributed by atoms with Crippen molar-refractivity contribution in [2.45, 2.75) is 59.2 Å². The third kappa shape index (κ3) is 6.72. The van der Waals surface area contributed by atoms with Gasteiger partial charge in [-0.1, -0.05) is 44.2 Å². The maximum Gasteiger partial charge on any atom is 0.408 e. The summed E-state index contributed by atoms with van der Waals surface area (Å²) in [4.78, 5) is 24.4. The van der Waals surface area contributed by atoms with Crippen molar-refractivity contribution in [1.29, 1.82) is 0 Å². The molecule has 5 heteroatoms. The monoisotopic (exact) mass is 320 g/mol. The molecule has 23 heavy (non-hydrogen) atoms. The van der Waals surface area contributed by atoms with Crippen LogP contribution in [0.15, 0.2) is 30.3 Å². The highest BCUT2D eigenvalue weighted by Crippen LogP contribution is 2.13. The fourth-order valence-corrected chi connectivity index (χ4v) is 2.10. The lowest BCUT2D eigenvalue weighted by atomic mass is 10.0. The van der Waals surface area contributed by atoms with Crippen LogP contribution in [-0.2, 0) is 9.53 Å². The molecule has 0 aliphatic carbocycles. The number of benzene rings is 1. The Labute approximate surface area is 138 Å². The Morgan fingerprint density at radius 3 is 2.04 bits per heavy atom. The number of ether oxygens (including phenoxy) is 1. The topological polar surface area (TPSA) is 67.4 Å². The molecule has 0 saturated carbocycles. The summed E-state index contributed by atoms with van der Waals surface area (Å²) < 4.78 is 5.23. The number of carbonyl (C=O) groups excluding carboxylic acids is 2. The first kappa shape index (κ1) is 19.0. The largest absolute Gasteiger partial charge is 0.444 e. The Morgan fingerprint density at radius 2 is 1.57 bits per heavy atom. The lowest BCUT2D eigenvalue weighted by Gasteiger charge is -2.26. The van der Waals surface area contributed by atoms with E-state index in [2.05, 4.69) is 10.6 Å². The molecule has 1 unspecified atom stereocenters. The summed E-state index contributed by atoms with van der Waals surface area (Å²) >= 11 is 0. The lowest BCUT2D eigenvalue weighted by molar-refractivity contribution is -0.124. The Bertz CT molecular complexity index is 521. The minimum atomic E-state index is -0.643. The molecule has 0 bridgehead atoms. The lowest BCUT2D eigenvalue weighted by Crippen LogP contribution is -2.51. The van der Waals surface area contributed by atoms with Crippen LogP contribution in [0.4, 0.5) is 4.79 Å². The number of hydrogen-bond acceptors (Lipinski definition) is 3. The van der Waals surface area contributed by atoms with Gasteiger partial charge < -0.3 is 15.4 Å². The number of rotatable bonds is 5. The van der Waals surface area contributed by atoms with Gasteiger partial charge in [0, 0.05) is 0 Å². The molecule has 0 radical (unpaired) electrons. The summed E-state index contributed by atoms with van der Waals surface area (Å²) in [5.41, 5.74) is 0.417. The quantitative estimate of drug-likeness (QED) is 0.873. The maximum absolute atomic E-state index is 12.5. The smallest absolute Gasteiger partial charge is 0.408 e. The summed E-state index contributed by atoms with van der Waals surface area (Å²) in [5, 5.41) is 5.59. The Kier molecular flexibility index (Phi) is 6.61. The molecule has 0 heterocycles. The average molecular weight is 320 g/mol. The molecule has 1 aromatic carbocycles. The van der Waals surface area contributed by atoms with Gasteiger partial charge in [0.1, 0.15) is 11.6 Å². The first-order valence-corrected chi connectivity index (χ1v) is 7.95. The Balaban J connectivity index is 2.70.